The second-order valence-corrected chi connectivity index (χ2v) is 6.29. The Hall–Kier alpha value is -1.22. The molecule has 2 aliphatic rings. The SMILES string of the molecule is CN1CCC(Nc2ccccc2N2CCCCC2)CC1. The maximum atomic E-state index is 3.80. The summed E-state index contributed by atoms with van der Waals surface area (Å²) in [7, 11) is 2.22. The summed E-state index contributed by atoms with van der Waals surface area (Å²) in [5, 5.41) is 3.80. The molecule has 1 aromatic carbocycles. The minimum absolute atomic E-state index is 0.636. The first-order valence-electron chi connectivity index (χ1n) is 8.12. The van der Waals surface area contributed by atoms with Crippen LogP contribution in [-0.2, 0) is 0 Å². The molecule has 1 N–H and O–H groups in total. The molecule has 3 rings (SSSR count). The van der Waals surface area contributed by atoms with Crippen LogP contribution >= 0.6 is 0 Å². The average Bonchev–Trinajstić information content (AvgIpc) is 2.51. The van der Waals surface area contributed by atoms with E-state index in [1.165, 1.54) is 69.7 Å². The monoisotopic (exact) mass is 273 g/mol. The summed E-state index contributed by atoms with van der Waals surface area (Å²) in [6.45, 7) is 4.85. The van der Waals surface area contributed by atoms with Crippen LogP contribution in [0.2, 0.25) is 0 Å². The molecule has 110 valence electrons. The number of para-hydroxylation sites is 2. The maximum Gasteiger partial charge on any atom is 0.0602 e. The highest BCUT2D eigenvalue weighted by atomic mass is 15.2. The summed E-state index contributed by atoms with van der Waals surface area (Å²) in [6.07, 6.45) is 6.57. The Morgan fingerprint density at radius 1 is 0.950 bits per heavy atom. The molecule has 2 aliphatic heterocycles. The number of hydrogen-bond acceptors (Lipinski definition) is 3. The lowest BCUT2D eigenvalue weighted by Gasteiger charge is -2.34. The lowest BCUT2D eigenvalue weighted by Crippen LogP contribution is -2.37. The third kappa shape index (κ3) is 3.26. The number of rotatable bonds is 3. The van der Waals surface area contributed by atoms with E-state index in [0.29, 0.717) is 6.04 Å². The van der Waals surface area contributed by atoms with Crippen molar-refractivity contribution in [3.05, 3.63) is 24.3 Å². The molecule has 3 heteroatoms. The van der Waals surface area contributed by atoms with Crippen molar-refractivity contribution in [3.8, 4) is 0 Å². The molecule has 0 aliphatic carbocycles. The molecule has 20 heavy (non-hydrogen) atoms. The van der Waals surface area contributed by atoms with Crippen molar-refractivity contribution >= 4 is 11.4 Å². The zero-order valence-electron chi connectivity index (χ0n) is 12.6. The molecule has 0 saturated carbocycles. The van der Waals surface area contributed by atoms with Crippen molar-refractivity contribution in [2.45, 2.75) is 38.1 Å². The Labute approximate surface area is 123 Å². The minimum Gasteiger partial charge on any atom is -0.381 e. The Morgan fingerprint density at radius 2 is 1.65 bits per heavy atom. The van der Waals surface area contributed by atoms with E-state index >= 15 is 0 Å². The van der Waals surface area contributed by atoms with Crippen molar-refractivity contribution in [1.82, 2.24) is 4.90 Å². The van der Waals surface area contributed by atoms with Gasteiger partial charge in [0.15, 0.2) is 0 Å². The molecular weight excluding hydrogens is 246 g/mol. The second-order valence-electron chi connectivity index (χ2n) is 6.29. The second kappa shape index (κ2) is 6.49. The fourth-order valence-corrected chi connectivity index (χ4v) is 3.38. The summed E-state index contributed by atoms with van der Waals surface area (Å²) in [5.41, 5.74) is 2.75. The number of piperidine rings is 2. The van der Waals surface area contributed by atoms with E-state index in [2.05, 4.69) is 46.4 Å². The predicted molar refractivity (Wildman–Crippen MR) is 86.6 cm³/mol. The standard InChI is InChI=1S/C17H27N3/c1-19-13-9-15(10-14-19)18-16-7-3-4-8-17(16)20-11-5-2-6-12-20/h3-4,7-8,15,18H,2,5-6,9-14H2,1H3. The normalized spacial score (nSPS) is 21.9. The summed E-state index contributed by atoms with van der Waals surface area (Å²) in [6, 6.07) is 9.50. The van der Waals surface area contributed by atoms with Crippen molar-refractivity contribution in [2.24, 2.45) is 0 Å². The number of benzene rings is 1. The van der Waals surface area contributed by atoms with E-state index < -0.39 is 0 Å². The van der Waals surface area contributed by atoms with Gasteiger partial charge in [-0.15, -0.1) is 0 Å². The van der Waals surface area contributed by atoms with Gasteiger partial charge in [-0.1, -0.05) is 12.1 Å². The van der Waals surface area contributed by atoms with Crippen molar-refractivity contribution < 1.29 is 0 Å². The molecule has 2 saturated heterocycles. The maximum absolute atomic E-state index is 3.80. The van der Waals surface area contributed by atoms with Crippen molar-refractivity contribution in [2.75, 3.05) is 43.4 Å². The van der Waals surface area contributed by atoms with Gasteiger partial charge in [0, 0.05) is 19.1 Å². The number of nitrogens with zero attached hydrogens (tertiary/aromatic N) is 2. The van der Waals surface area contributed by atoms with E-state index in [1.807, 2.05) is 0 Å². The van der Waals surface area contributed by atoms with E-state index in [-0.39, 0.29) is 0 Å². The molecular formula is C17H27N3. The summed E-state index contributed by atoms with van der Waals surface area (Å²) < 4.78 is 0. The molecule has 0 spiro atoms. The zero-order valence-corrected chi connectivity index (χ0v) is 12.6. The highest BCUT2D eigenvalue weighted by Crippen LogP contribution is 2.29. The third-order valence-electron chi connectivity index (χ3n) is 4.68. The van der Waals surface area contributed by atoms with Crippen LogP contribution in [0.5, 0.6) is 0 Å². The topological polar surface area (TPSA) is 18.5 Å². The highest BCUT2D eigenvalue weighted by Gasteiger charge is 2.19. The van der Waals surface area contributed by atoms with E-state index in [4.69, 9.17) is 0 Å². The zero-order chi connectivity index (χ0) is 13.8. The molecule has 0 aromatic heterocycles. The van der Waals surface area contributed by atoms with Gasteiger partial charge in [0.2, 0.25) is 0 Å². The first kappa shape index (κ1) is 13.7. The summed E-state index contributed by atoms with van der Waals surface area (Å²) in [4.78, 5) is 4.98. The summed E-state index contributed by atoms with van der Waals surface area (Å²) in [5.74, 6) is 0. The molecule has 0 atom stereocenters. The Balaban J connectivity index is 1.69. The molecule has 0 amide bonds. The van der Waals surface area contributed by atoms with Crippen molar-refractivity contribution in [3.63, 3.8) is 0 Å². The average molecular weight is 273 g/mol. The van der Waals surface area contributed by atoms with Gasteiger partial charge in [-0.2, -0.15) is 0 Å². The van der Waals surface area contributed by atoms with Crippen LogP contribution < -0.4 is 10.2 Å². The molecule has 0 bridgehead atoms. The number of likely N-dealkylation sites (tertiary alicyclic amines) is 1. The van der Waals surface area contributed by atoms with Gasteiger partial charge < -0.3 is 15.1 Å². The smallest absolute Gasteiger partial charge is 0.0602 e. The quantitative estimate of drug-likeness (QED) is 0.912. The molecule has 0 radical (unpaired) electrons. The number of anilines is 2. The summed E-state index contributed by atoms with van der Waals surface area (Å²) >= 11 is 0. The van der Waals surface area contributed by atoms with Crippen LogP contribution in [0.4, 0.5) is 11.4 Å². The van der Waals surface area contributed by atoms with Gasteiger partial charge >= 0.3 is 0 Å². The third-order valence-corrected chi connectivity index (χ3v) is 4.68. The van der Waals surface area contributed by atoms with Gasteiger partial charge in [-0.25, -0.2) is 0 Å². The predicted octanol–water partition coefficient (Wildman–Crippen LogP) is 3.18. The number of nitrogens with one attached hydrogen (secondary N) is 1. The van der Waals surface area contributed by atoms with Crippen LogP contribution in [0.25, 0.3) is 0 Å². The Kier molecular flexibility index (Phi) is 4.46. The minimum atomic E-state index is 0.636. The lowest BCUT2D eigenvalue weighted by atomic mass is 10.0. The Bertz CT molecular complexity index is 418. The van der Waals surface area contributed by atoms with Crippen LogP contribution in [0, 0.1) is 0 Å². The molecule has 1 aromatic rings. The van der Waals surface area contributed by atoms with Crippen LogP contribution in [0.3, 0.4) is 0 Å². The Morgan fingerprint density at radius 3 is 2.40 bits per heavy atom. The molecule has 3 nitrogen and oxygen atoms in total. The first-order chi connectivity index (χ1) is 9.83. The fraction of sp³-hybridized carbons (Fsp3) is 0.647. The van der Waals surface area contributed by atoms with Gasteiger partial charge in [-0.05, 0) is 64.4 Å². The van der Waals surface area contributed by atoms with E-state index in [1.54, 1.807) is 0 Å². The molecule has 2 fully saturated rings. The van der Waals surface area contributed by atoms with Gasteiger partial charge in [0.25, 0.3) is 0 Å². The van der Waals surface area contributed by atoms with Crippen LogP contribution in [0.1, 0.15) is 32.1 Å². The van der Waals surface area contributed by atoms with Gasteiger partial charge in [-0.3, -0.25) is 0 Å². The van der Waals surface area contributed by atoms with Crippen molar-refractivity contribution in [1.29, 1.82) is 0 Å². The van der Waals surface area contributed by atoms with E-state index in [9.17, 15) is 0 Å². The molecule has 0 unspecified atom stereocenters. The molecule has 2 heterocycles. The van der Waals surface area contributed by atoms with Gasteiger partial charge in [0.1, 0.15) is 0 Å². The lowest BCUT2D eigenvalue weighted by molar-refractivity contribution is 0.264. The van der Waals surface area contributed by atoms with Gasteiger partial charge in [0.05, 0.1) is 11.4 Å². The fourth-order valence-electron chi connectivity index (χ4n) is 3.38. The van der Waals surface area contributed by atoms with E-state index in [0.717, 1.165) is 0 Å². The highest BCUT2D eigenvalue weighted by molar-refractivity contribution is 5.70. The largest absolute Gasteiger partial charge is 0.381 e. The van der Waals surface area contributed by atoms with Crippen LogP contribution in [0.15, 0.2) is 24.3 Å². The first-order valence-corrected chi connectivity index (χ1v) is 8.12. The van der Waals surface area contributed by atoms with Crippen LogP contribution in [-0.4, -0.2) is 44.2 Å². The number of hydrogen-bond donors (Lipinski definition) is 1.